The second kappa shape index (κ2) is 9.04. The summed E-state index contributed by atoms with van der Waals surface area (Å²) in [6, 6.07) is 17.4. The Morgan fingerprint density at radius 1 is 1.10 bits per heavy atom. The molecule has 8 heteroatoms. The van der Waals surface area contributed by atoms with Crippen LogP contribution in [-0.2, 0) is 17.8 Å². The van der Waals surface area contributed by atoms with E-state index in [1.54, 1.807) is 10.6 Å². The van der Waals surface area contributed by atoms with Gasteiger partial charge in [-0.2, -0.15) is 0 Å². The number of aromatic nitrogens is 2. The largest absolute Gasteiger partial charge is 0.369 e. The Morgan fingerprint density at radius 3 is 2.57 bits per heavy atom. The van der Waals surface area contributed by atoms with Crippen molar-refractivity contribution in [3.05, 3.63) is 80.9 Å². The fourth-order valence-electron chi connectivity index (χ4n) is 3.21. The zero-order valence-corrected chi connectivity index (χ0v) is 18.3. The van der Waals surface area contributed by atoms with E-state index in [-0.39, 0.29) is 11.3 Å². The Hall–Kier alpha value is -2.61. The SMILES string of the molecule is NC(=O)CSc1nc2scc(-c3ccccc3Cl)c2c(=O)n1CCc1ccccc1. The first-order valence-corrected chi connectivity index (χ1v) is 11.5. The van der Waals surface area contributed by atoms with E-state index in [4.69, 9.17) is 17.3 Å². The Kier molecular flexibility index (Phi) is 6.22. The van der Waals surface area contributed by atoms with Crippen molar-refractivity contribution in [2.75, 3.05) is 5.75 Å². The number of thioether (sulfide) groups is 1. The van der Waals surface area contributed by atoms with Gasteiger partial charge in [-0.05, 0) is 18.1 Å². The molecule has 0 aliphatic heterocycles. The van der Waals surface area contributed by atoms with Gasteiger partial charge in [0.25, 0.3) is 5.56 Å². The number of primary amides is 1. The number of nitrogens with zero attached hydrogens (tertiary/aromatic N) is 2. The normalized spacial score (nSPS) is 11.1. The number of halogens is 1. The first kappa shape index (κ1) is 20.7. The number of hydrogen-bond acceptors (Lipinski definition) is 5. The summed E-state index contributed by atoms with van der Waals surface area (Å²) in [5.41, 5.74) is 7.87. The summed E-state index contributed by atoms with van der Waals surface area (Å²) in [5, 5.41) is 3.53. The Morgan fingerprint density at radius 2 is 1.83 bits per heavy atom. The van der Waals surface area contributed by atoms with E-state index in [1.165, 1.54) is 23.1 Å². The molecule has 0 unspecified atom stereocenters. The van der Waals surface area contributed by atoms with Crippen LogP contribution < -0.4 is 11.3 Å². The molecule has 0 atom stereocenters. The second-order valence-electron chi connectivity index (χ2n) is 6.65. The number of fused-ring (bicyclic) bond motifs is 1. The predicted molar refractivity (Wildman–Crippen MR) is 124 cm³/mol. The molecule has 0 saturated heterocycles. The molecule has 152 valence electrons. The van der Waals surface area contributed by atoms with Gasteiger partial charge in [-0.25, -0.2) is 4.98 Å². The maximum atomic E-state index is 13.5. The average molecular weight is 456 g/mol. The number of thiophene rings is 1. The van der Waals surface area contributed by atoms with Crippen molar-refractivity contribution in [1.82, 2.24) is 9.55 Å². The van der Waals surface area contributed by atoms with Crippen molar-refractivity contribution in [2.45, 2.75) is 18.1 Å². The minimum absolute atomic E-state index is 0.0615. The number of aryl methyl sites for hydroxylation is 1. The van der Waals surface area contributed by atoms with Crippen LogP contribution in [0.2, 0.25) is 5.02 Å². The van der Waals surface area contributed by atoms with Crippen LogP contribution in [0.1, 0.15) is 5.56 Å². The lowest BCUT2D eigenvalue weighted by Crippen LogP contribution is -2.25. The van der Waals surface area contributed by atoms with E-state index in [0.717, 1.165) is 16.7 Å². The third-order valence-corrected chi connectivity index (χ3v) is 6.83. The summed E-state index contributed by atoms with van der Waals surface area (Å²) in [6.07, 6.45) is 0.670. The van der Waals surface area contributed by atoms with Crippen molar-refractivity contribution in [2.24, 2.45) is 5.73 Å². The molecule has 0 spiro atoms. The topological polar surface area (TPSA) is 78.0 Å². The number of rotatable bonds is 7. The third kappa shape index (κ3) is 4.28. The molecule has 0 aliphatic carbocycles. The van der Waals surface area contributed by atoms with Crippen molar-refractivity contribution >= 4 is 50.8 Å². The predicted octanol–water partition coefficient (Wildman–Crippen LogP) is 4.60. The van der Waals surface area contributed by atoms with E-state index in [2.05, 4.69) is 4.98 Å². The van der Waals surface area contributed by atoms with Gasteiger partial charge in [0.1, 0.15) is 4.83 Å². The lowest BCUT2D eigenvalue weighted by atomic mass is 10.1. The lowest BCUT2D eigenvalue weighted by molar-refractivity contribution is -0.115. The van der Waals surface area contributed by atoms with Crippen molar-refractivity contribution in [3.8, 4) is 11.1 Å². The van der Waals surface area contributed by atoms with Crippen LogP contribution in [-0.4, -0.2) is 21.2 Å². The number of hydrogen-bond donors (Lipinski definition) is 1. The third-order valence-electron chi connectivity index (χ3n) is 4.63. The zero-order chi connectivity index (χ0) is 21.1. The summed E-state index contributed by atoms with van der Waals surface area (Å²) in [7, 11) is 0. The molecule has 2 aromatic carbocycles. The van der Waals surface area contributed by atoms with Gasteiger partial charge in [0.15, 0.2) is 5.16 Å². The van der Waals surface area contributed by atoms with Gasteiger partial charge in [0.05, 0.1) is 11.1 Å². The minimum atomic E-state index is -0.452. The van der Waals surface area contributed by atoms with Crippen LogP contribution >= 0.6 is 34.7 Å². The first-order chi connectivity index (χ1) is 14.5. The number of carbonyl (C=O) groups excluding carboxylic acids is 1. The van der Waals surface area contributed by atoms with Gasteiger partial charge in [-0.3, -0.25) is 14.2 Å². The second-order valence-corrected chi connectivity index (χ2v) is 8.86. The molecule has 4 aromatic rings. The summed E-state index contributed by atoms with van der Waals surface area (Å²) in [6.45, 7) is 0.449. The quantitative estimate of drug-likeness (QED) is 0.326. The fourth-order valence-corrected chi connectivity index (χ4v) is 5.19. The molecule has 1 amide bonds. The molecule has 30 heavy (non-hydrogen) atoms. The Labute approximate surface area is 186 Å². The highest BCUT2D eigenvalue weighted by molar-refractivity contribution is 7.99. The van der Waals surface area contributed by atoms with E-state index < -0.39 is 5.91 Å². The van der Waals surface area contributed by atoms with E-state index in [0.29, 0.717) is 33.4 Å². The molecule has 5 nitrogen and oxygen atoms in total. The number of amides is 1. The maximum Gasteiger partial charge on any atom is 0.263 e. The van der Waals surface area contributed by atoms with Gasteiger partial charge < -0.3 is 5.73 Å². The molecule has 0 saturated carbocycles. The van der Waals surface area contributed by atoms with Gasteiger partial charge in [0, 0.05) is 28.1 Å². The van der Waals surface area contributed by atoms with Crippen LogP contribution in [0.5, 0.6) is 0 Å². The van der Waals surface area contributed by atoms with E-state index in [1.807, 2.05) is 53.9 Å². The van der Waals surface area contributed by atoms with Gasteiger partial charge in [-0.1, -0.05) is 71.9 Å². The average Bonchev–Trinajstić information content (AvgIpc) is 3.16. The van der Waals surface area contributed by atoms with Gasteiger partial charge >= 0.3 is 0 Å². The smallest absolute Gasteiger partial charge is 0.263 e. The van der Waals surface area contributed by atoms with Crippen molar-refractivity contribution in [1.29, 1.82) is 0 Å². The molecule has 0 aliphatic rings. The molecule has 2 heterocycles. The monoisotopic (exact) mass is 455 g/mol. The first-order valence-electron chi connectivity index (χ1n) is 9.26. The molecule has 0 bridgehead atoms. The molecule has 2 N–H and O–H groups in total. The molecule has 0 radical (unpaired) electrons. The van der Waals surface area contributed by atoms with Gasteiger partial charge in [-0.15, -0.1) is 11.3 Å². The molecule has 4 rings (SSSR count). The van der Waals surface area contributed by atoms with Crippen LogP contribution in [0.15, 0.2) is 69.9 Å². The van der Waals surface area contributed by atoms with Crippen LogP contribution in [0.25, 0.3) is 21.3 Å². The summed E-state index contributed by atoms with van der Waals surface area (Å²) < 4.78 is 1.63. The Bertz CT molecular complexity index is 1270. The summed E-state index contributed by atoms with van der Waals surface area (Å²) in [5.74, 6) is -0.390. The fraction of sp³-hybridized carbons (Fsp3) is 0.136. The number of benzene rings is 2. The highest BCUT2D eigenvalue weighted by Gasteiger charge is 2.19. The molecule has 2 aromatic heterocycles. The molecular formula is C22H18ClN3O2S2. The number of carbonyl (C=O) groups is 1. The Balaban J connectivity index is 1.83. The van der Waals surface area contributed by atoms with Crippen LogP contribution in [0, 0.1) is 0 Å². The van der Waals surface area contributed by atoms with Gasteiger partial charge in [0.2, 0.25) is 5.91 Å². The summed E-state index contributed by atoms with van der Waals surface area (Å²) in [4.78, 5) is 30.2. The lowest BCUT2D eigenvalue weighted by Gasteiger charge is -2.12. The van der Waals surface area contributed by atoms with Crippen molar-refractivity contribution < 1.29 is 4.79 Å². The van der Waals surface area contributed by atoms with Crippen LogP contribution in [0.3, 0.4) is 0 Å². The van der Waals surface area contributed by atoms with E-state index >= 15 is 0 Å². The number of nitrogens with two attached hydrogens (primary N) is 1. The van der Waals surface area contributed by atoms with E-state index in [9.17, 15) is 9.59 Å². The zero-order valence-electron chi connectivity index (χ0n) is 15.9. The highest BCUT2D eigenvalue weighted by atomic mass is 35.5. The van der Waals surface area contributed by atoms with Crippen molar-refractivity contribution in [3.63, 3.8) is 0 Å². The standard InChI is InChI=1S/C22H18ClN3O2S2/c23-17-9-5-4-8-15(17)16-12-29-20-19(16)21(28)26(22(25-20)30-13-18(24)27)11-10-14-6-2-1-3-7-14/h1-9,12H,10-11,13H2,(H2,24,27). The molecular weight excluding hydrogens is 438 g/mol. The maximum absolute atomic E-state index is 13.5. The highest BCUT2D eigenvalue weighted by Crippen LogP contribution is 2.35. The summed E-state index contributed by atoms with van der Waals surface area (Å²) >= 11 is 8.96. The minimum Gasteiger partial charge on any atom is -0.369 e. The molecule has 0 fully saturated rings. The van der Waals surface area contributed by atoms with Crippen LogP contribution in [0.4, 0.5) is 0 Å².